The quantitative estimate of drug-likeness (QED) is 0.327. The first-order valence-corrected chi connectivity index (χ1v) is 12.8. The van der Waals surface area contributed by atoms with E-state index >= 15 is 0 Å². The average molecular weight is 454 g/mol. The first-order chi connectivity index (χ1) is 14.3. The second-order valence-electron chi connectivity index (χ2n) is 7.99. The van der Waals surface area contributed by atoms with Gasteiger partial charge in [-0.15, -0.1) is 34.0 Å². The van der Waals surface area contributed by atoms with Crippen molar-refractivity contribution in [3.63, 3.8) is 0 Å². The highest BCUT2D eigenvalue weighted by atomic mass is 32.1. The highest BCUT2D eigenvalue weighted by Gasteiger charge is 2.20. The zero-order chi connectivity index (χ0) is 21.4. The molecular weight excluding hydrogens is 426 g/mol. The van der Waals surface area contributed by atoms with Gasteiger partial charge in [0.1, 0.15) is 0 Å². The molecular formula is C24H27N3S3. The van der Waals surface area contributed by atoms with Crippen molar-refractivity contribution < 1.29 is 0 Å². The van der Waals surface area contributed by atoms with Crippen LogP contribution in [0.25, 0.3) is 0 Å². The maximum Gasteiger partial charge on any atom is 0.0972 e. The van der Waals surface area contributed by atoms with Crippen molar-refractivity contribution in [2.75, 3.05) is 0 Å². The van der Waals surface area contributed by atoms with E-state index in [1.165, 1.54) is 48.4 Å². The zero-order valence-corrected chi connectivity index (χ0v) is 20.9. The fraction of sp³-hybridized carbons (Fsp3) is 0.375. The van der Waals surface area contributed by atoms with E-state index in [1.54, 1.807) is 34.0 Å². The molecule has 3 heterocycles. The van der Waals surface area contributed by atoms with Crippen LogP contribution in [0.5, 0.6) is 0 Å². The smallest absolute Gasteiger partial charge is 0.0972 e. The molecule has 0 unspecified atom stereocenters. The molecule has 0 amide bonds. The Hall–Kier alpha value is -1.89. The fourth-order valence-electron chi connectivity index (χ4n) is 4.09. The van der Waals surface area contributed by atoms with E-state index in [4.69, 9.17) is 15.0 Å². The third-order valence-electron chi connectivity index (χ3n) is 5.70. The van der Waals surface area contributed by atoms with Gasteiger partial charge in [0.05, 0.1) is 15.0 Å². The second kappa shape index (κ2) is 8.69. The van der Waals surface area contributed by atoms with Crippen LogP contribution in [0, 0.1) is 41.5 Å². The molecule has 0 bridgehead atoms. The second-order valence-corrected chi connectivity index (χ2v) is 10.8. The van der Waals surface area contributed by atoms with Crippen LogP contribution in [0.1, 0.15) is 65.5 Å². The molecule has 0 radical (unpaired) electrons. The molecule has 4 rings (SSSR count). The van der Waals surface area contributed by atoms with Crippen LogP contribution in [0.3, 0.4) is 0 Å². The molecule has 0 saturated heterocycles. The van der Waals surface area contributed by atoms with Gasteiger partial charge in [0.15, 0.2) is 0 Å². The van der Waals surface area contributed by atoms with Gasteiger partial charge in [-0.05, 0) is 74.9 Å². The minimum Gasteiger partial charge on any atom is -0.246 e. The monoisotopic (exact) mass is 453 g/mol. The highest BCUT2D eigenvalue weighted by Crippen LogP contribution is 2.33. The summed E-state index contributed by atoms with van der Waals surface area (Å²) in [6.07, 6.45) is 2.68. The molecule has 156 valence electrons. The summed E-state index contributed by atoms with van der Waals surface area (Å²) in [7, 11) is 0. The summed E-state index contributed by atoms with van der Waals surface area (Å²) in [5.41, 5.74) is 11.8. The van der Waals surface area contributed by atoms with E-state index < -0.39 is 0 Å². The maximum absolute atomic E-state index is 4.74. The predicted octanol–water partition coefficient (Wildman–Crippen LogP) is 6.68. The fourth-order valence-corrected chi connectivity index (χ4v) is 6.44. The summed E-state index contributed by atoms with van der Waals surface area (Å²) in [4.78, 5) is 14.2. The van der Waals surface area contributed by atoms with Crippen LogP contribution in [0.4, 0.5) is 0 Å². The van der Waals surface area contributed by atoms with Gasteiger partial charge >= 0.3 is 0 Å². The van der Waals surface area contributed by atoms with E-state index in [1.807, 2.05) is 0 Å². The SMILES string of the molecule is Cc1csc(Cc2c(C)c(Cc3nc(C)cs3)c(C)c(Cc3nc(C)cs3)c2C)n1. The van der Waals surface area contributed by atoms with Crippen molar-refractivity contribution in [2.24, 2.45) is 0 Å². The minimum atomic E-state index is 0.893. The molecule has 3 aromatic heterocycles. The first-order valence-electron chi connectivity index (χ1n) is 10.1. The Morgan fingerprint density at radius 3 is 0.967 bits per heavy atom. The van der Waals surface area contributed by atoms with E-state index in [-0.39, 0.29) is 0 Å². The van der Waals surface area contributed by atoms with Gasteiger partial charge < -0.3 is 0 Å². The molecule has 4 aromatic rings. The number of rotatable bonds is 6. The van der Waals surface area contributed by atoms with Crippen LogP contribution in [0.15, 0.2) is 16.1 Å². The lowest BCUT2D eigenvalue weighted by atomic mass is 9.85. The molecule has 3 nitrogen and oxygen atoms in total. The van der Waals surface area contributed by atoms with Crippen LogP contribution < -0.4 is 0 Å². The zero-order valence-electron chi connectivity index (χ0n) is 18.4. The van der Waals surface area contributed by atoms with Crippen LogP contribution in [-0.4, -0.2) is 15.0 Å². The van der Waals surface area contributed by atoms with E-state index in [2.05, 4.69) is 57.7 Å². The van der Waals surface area contributed by atoms with Crippen LogP contribution in [-0.2, 0) is 19.3 Å². The molecule has 0 atom stereocenters. The Bertz CT molecular complexity index is 1030. The van der Waals surface area contributed by atoms with Gasteiger partial charge in [-0.3, -0.25) is 0 Å². The normalized spacial score (nSPS) is 11.4. The molecule has 0 spiro atoms. The summed E-state index contributed by atoms with van der Waals surface area (Å²) in [5, 5.41) is 10.0. The van der Waals surface area contributed by atoms with Crippen molar-refractivity contribution in [3.8, 4) is 0 Å². The molecule has 0 aliphatic carbocycles. The Morgan fingerprint density at radius 2 is 0.767 bits per heavy atom. The lowest BCUT2D eigenvalue weighted by Gasteiger charge is -2.21. The lowest BCUT2D eigenvalue weighted by molar-refractivity contribution is 0.973. The summed E-state index contributed by atoms with van der Waals surface area (Å²) in [6, 6.07) is 0. The van der Waals surface area contributed by atoms with Crippen molar-refractivity contribution >= 4 is 34.0 Å². The van der Waals surface area contributed by atoms with Gasteiger partial charge in [0.25, 0.3) is 0 Å². The van der Waals surface area contributed by atoms with Crippen LogP contribution in [0.2, 0.25) is 0 Å². The van der Waals surface area contributed by atoms with Crippen molar-refractivity contribution in [1.29, 1.82) is 0 Å². The lowest BCUT2D eigenvalue weighted by Crippen LogP contribution is -2.09. The van der Waals surface area contributed by atoms with E-state index in [0.717, 1.165) is 36.3 Å². The van der Waals surface area contributed by atoms with Gasteiger partial charge in [0, 0.05) is 52.5 Å². The number of hydrogen-bond donors (Lipinski definition) is 0. The van der Waals surface area contributed by atoms with Gasteiger partial charge in [-0.2, -0.15) is 0 Å². The van der Waals surface area contributed by atoms with E-state index in [9.17, 15) is 0 Å². The highest BCUT2D eigenvalue weighted by molar-refractivity contribution is 7.10. The Balaban J connectivity index is 1.82. The number of aryl methyl sites for hydroxylation is 3. The van der Waals surface area contributed by atoms with E-state index in [0.29, 0.717) is 0 Å². The molecule has 0 aliphatic heterocycles. The summed E-state index contributed by atoms with van der Waals surface area (Å²) >= 11 is 5.28. The molecule has 0 fully saturated rings. The Labute approximate surface area is 190 Å². The molecule has 0 N–H and O–H groups in total. The molecule has 1 aromatic carbocycles. The molecule has 6 heteroatoms. The molecule has 30 heavy (non-hydrogen) atoms. The first kappa shape index (κ1) is 21.3. The average Bonchev–Trinajstić information content (AvgIpc) is 3.42. The number of aromatic nitrogens is 3. The summed E-state index contributed by atoms with van der Waals surface area (Å²) < 4.78 is 0. The molecule has 0 saturated carbocycles. The summed E-state index contributed by atoms with van der Waals surface area (Å²) in [6.45, 7) is 13.1. The topological polar surface area (TPSA) is 38.7 Å². The Morgan fingerprint density at radius 1 is 0.500 bits per heavy atom. The Kier molecular flexibility index (Phi) is 6.19. The number of thiazole rings is 3. The van der Waals surface area contributed by atoms with Gasteiger partial charge in [0.2, 0.25) is 0 Å². The predicted molar refractivity (Wildman–Crippen MR) is 130 cm³/mol. The third-order valence-corrected chi connectivity index (χ3v) is 8.60. The van der Waals surface area contributed by atoms with Gasteiger partial charge in [-0.25, -0.2) is 15.0 Å². The largest absolute Gasteiger partial charge is 0.246 e. The minimum absolute atomic E-state index is 0.893. The summed E-state index contributed by atoms with van der Waals surface area (Å²) in [5.74, 6) is 0. The number of benzene rings is 1. The number of hydrogen-bond acceptors (Lipinski definition) is 6. The van der Waals surface area contributed by atoms with Crippen LogP contribution >= 0.6 is 34.0 Å². The maximum atomic E-state index is 4.74. The van der Waals surface area contributed by atoms with Crippen molar-refractivity contribution in [1.82, 2.24) is 15.0 Å². The van der Waals surface area contributed by atoms with Crippen molar-refractivity contribution in [3.05, 3.63) is 81.6 Å². The van der Waals surface area contributed by atoms with Crippen molar-refractivity contribution in [2.45, 2.75) is 60.8 Å². The third kappa shape index (κ3) is 4.41. The molecule has 0 aliphatic rings. The standard InChI is InChI=1S/C24H27N3S3/c1-13-10-28-22(25-13)7-19-16(4)20(8-23-26-14(2)11-29-23)18(6)21(17(19)5)9-24-27-15(3)12-30-24/h10-12H,7-9H2,1-6H3. The van der Waals surface area contributed by atoms with Gasteiger partial charge in [-0.1, -0.05) is 0 Å². The number of nitrogens with zero attached hydrogens (tertiary/aromatic N) is 3.